The molecule has 1 aliphatic rings. The van der Waals surface area contributed by atoms with Gasteiger partial charge in [-0.15, -0.1) is 0 Å². The fraction of sp³-hybridized carbons (Fsp3) is 0.167. The Morgan fingerprint density at radius 3 is 2.48 bits per heavy atom. The number of aromatic nitrogens is 3. The molecular formula is C24H19ClFN3. The lowest BCUT2D eigenvalue weighted by Gasteiger charge is -2.14. The van der Waals surface area contributed by atoms with E-state index in [-0.39, 0.29) is 11.7 Å². The number of rotatable bonds is 3. The third-order valence-corrected chi connectivity index (χ3v) is 5.74. The molecule has 29 heavy (non-hydrogen) atoms. The molecule has 0 aliphatic carbocycles. The van der Waals surface area contributed by atoms with Crippen molar-refractivity contribution >= 4 is 11.6 Å². The third-order valence-electron chi connectivity index (χ3n) is 5.49. The van der Waals surface area contributed by atoms with Gasteiger partial charge in [-0.25, -0.2) is 4.39 Å². The van der Waals surface area contributed by atoms with Crippen molar-refractivity contribution in [2.24, 2.45) is 0 Å². The molecule has 0 saturated heterocycles. The minimum absolute atomic E-state index is 0.207. The van der Waals surface area contributed by atoms with Crippen LogP contribution < -0.4 is 0 Å². The topological polar surface area (TPSA) is 30.7 Å². The van der Waals surface area contributed by atoms with Gasteiger partial charge < -0.3 is 0 Å². The Hall–Kier alpha value is -2.98. The van der Waals surface area contributed by atoms with Crippen LogP contribution in [-0.2, 0) is 6.54 Å². The van der Waals surface area contributed by atoms with Gasteiger partial charge in [-0.1, -0.05) is 41.9 Å². The summed E-state index contributed by atoms with van der Waals surface area (Å²) in [6, 6.07) is 20.6. The van der Waals surface area contributed by atoms with Crippen LogP contribution in [0.25, 0.3) is 22.5 Å². The number of hydrogen-bond donors (Lipinski definition) is 0. The lowest BCUT2D eigenvalue weighted by atomic mass is 9.89. The number of aryl methyl sites for hydroxylation is 2. The summed E-state index contributed by atoms with van der Waals surface area (Å²) in [7, 11) is 0. The van der Waals surface area contributed by atoms with Crippen molar-refractivity contribution in [3.63, 3.8) is 0 Å². The largest absolute Gasteiger partial charge is 0.268 e. The van der Waals surface area contributed by atoms with Crippen molar-refractivity contribution < 1.29 is 4.39 Å². The number of hydrogen-bond acceptors (Lipinski definition) is 2. The van der Waals surface area contributed by atoms with Gasteiger partial charge in [-0.05, 0) is 60.9 Å². The molecule has 1 atom stereocenters. The molecule has 2 aromatic heterocycles. The van der Waals surface area contributed by atoms with Crippen molar-refractivity contribution in [1.29, 1.82) is 0 Å². The second-order valence-electron chi connectivity index (χ2n) is 7.40. The molecule has 0 N–H and O–H groups in total. The SMILES string of the molecule is Cc1cccc(-c2nn3c(c2-c2ccc(F)cc2)C(c2ccc(Cl)cc2)CC3)n1. The van der Waals surface area contributed by atoms with Crippen LogP contribution in [0.4, 0.5) is 4.39 Å². The van der Waals surface area contributed by atoms with Crippen molar-refractivity contribution in [1.82, 2.24) is 14.8 Å². The molecule has 4 aromatic rings. The summed E-state index contributed by atoms with van der Waals surface area (Å²) in [4.78, 5) is 4.70. The molecule has 0 amide bonds. The fourth-order valence-corrected chi connectivity index (χ4v) is 4.29. The first-order valence-corrected chi connectivity index (χ1v) is 10.0. The molecule has 5 heteroatoms. The van der Waals surface area contributed by atoms with Crippen LogP contribution in [0.15, 0.2) is 66.7 Å². The zero-order chi connectivity index (χ0) is 20.0. The number of fused-ring (bicyclic) bond motifs is 1. The normalized spacial score (nSPS) is 15.5. The molecule has 2 aromatic carbocycles. The smallest absolute Gasteiger partial charge is 0.123 e. The Bertz CT molecular complexity index is 1180. The van der Waals surface area contributed by atoms with E-state index >= 15 is 0 Å². The minimum atomic E-state index is -0.248. The minimum Gasteiger partial charge on any atom is -0.268 e. The average Bonchev–Trinajstić information content (AvgIpc) is 3.29. The summed E-state index contributed by atoms with van der Waals surface area (Å²) < 4.78 is 15.7. The van der Waals surface area contributed by atoms with Gasteiger partial charge in [0.1, 0.15) is 11.5 Å². The van der Waals surface area contributed by atoms with E-state index in [9.17, 15) is 4.39 Å². The molecule has 0 radical (unpaired) electrons. The lowest BCUT2D eigenvalue weighted by molar-refractivity contribution is 0.628. The maximum Gasteiger partial charge on any atom is 0.123 e. The molecule has 1 aliphatic heterocycles. The van der Waals surface area contributed by atoms with E-state index < -0.39 is 0 Å². The van der Waals surface area contributed by atoms with E-state index in [1.807, 2.05) is 49.4 Å². The van der Waals surface area contributed by atoms with Gasteiger partial charge in [-0.2, -0.15) is 5.10 Å². The quantitative estimate of drug-likeness (QED) is 0.405. The van der Waals surface area contributed by atoms with Crippen molar-refractivity contribution in [3.05, 3.63) is 94.5 Å². The highest BCUT2D eigenvalue weighted by Gasteiger charge is 2.32. The van der Waals surface area contributed by atoms with Gasteiger partial charge in [0.15, 0.2) is 0 Å². The zero-order valence-electron chi connectivity index (χ0n) is 15.9. The Morgan fingerprint density at radius 1 is 1.00 bits per heavy atom. The molecular weight excluding hydrogens is 385 g/mol. The predicted molar refractivity (Wildman–Crippen MR) is 114 cm³/mol. The molecule has 3 heterocycles. The second kappa shape index (κ2) is 7.12. The molecule has 5 rings (SSSR count). The summed E-state index contributed by atoms with van der Waals surface area (Å²) in [5.74, 6) is -0.0413. The van der Waals surface area contributed by atoms with Crippen LogP contribution in [0.3, 0.4) is 0 Å². The Kier molecular flexibility index (Phi) is 4.44. The maximum absolute atomic E-state index is 13.6. The molecule has 144 valence electrons. The Morgan fingerprint density at radius 2 is 1.76 bits per heavy atom. The average molecular weight is 404 g/mol. The summed E-state index contributed by atoms with van der Waals surface area (Å²) in [6.45, 7) is 2.81. The van der Waals surface area contributed by atoms with E-state index in [1.54, 1.807) is 0 Å². The van der Waals surface area contributed by atoms with Gasteiger partial charge in [0.05, 0.1) is 11.4 Å². The monoisotopic (exact) mass is 403 g/mol. The van der Waals surface area contributed by atoms with Crippen molar-refractivity contribution in [2.45, 2.75) is 25.8 Å². The maximum atomic E-state index is 13.6. The molecule has 0 fully saturated rings. The van der Waals surface area contributed by atoms with E-state index in [0.29, 0.717) is 0 Å². The standard InChI is InChI=1S/C24H19ClFN3/c1-15-3-2-4-21(27-15)23-22(17-7-11-19(26)12-8-17)24-20(13-14-29(24)28-23)16-5-9-18(25)10-6-16/h2-12,20H,13-14H2,1H3. The third kappa shape index (κ3) is 3.23. The van der Waals surface area contributed by atoms with Crippen molar-refractivity contribution in [2.75, 3.05) is 0 Å². The molecule has 0 bridgehead atoms. The van der Waals surface area contributed by atoms with Crippen LogP contribution in [0.2, 0.25) is 5.02 Å². The summed E-state index contributed by atoms with van der Waals surface area (Å²) in [6.07, 6.45) is 0.972. The number of nitrogens with zero attached hydrogens (tertiary/aromatic N) is 3. The van der Waals surface area contributed by atoms with Gasteiger partial charge in [0.2, 0.25) is 0 Å². The summed E-state index contributed by atoms with van der Waals surface area (Å²) in [5.41, 5.74) is 6.95. The summed E-state index contributed by atoms with van der Waals surface area (Å²) in [5, 5.41) is 5.65. The first-order chi connectivity index (χ1) is 14.1. The van der Waals surface area contributed by atoms with E-state index in [1.165, 1.54) is 17.7 Å². The number of benzene rings is 2. The first-order valence-electron chi connectivity index (χ1n) is 9.66. The van der Waals surface area contributed by atoms with Crippen LogP contribution in [-0.4, -0.2) is 14.8 Å². The first kappa shape index (κ1) is 18.1. The van der Waals surface area contributed by atoms with E-state index in [0.717, 1.165) is 51.9 Å². The van der Waals surface area contributed by atoms with E-state index in [4.69, 9.17) is 21.7 Å². The predicted octanol–water partition coefficient (Wildman–Crippen LogP) is 6.25. The Balaban J connectivity index is 1.73. The lowest BCUT2D eigenvalue weighted by Crippen LogP contribution is -1.99. The van der Waals surface area contributed by atoms with Crippen LogP contribution in [0, 0.1) is 12.7 Å². The van der Waals surface area contributed by atoms with Gasteiger partial charge in [0.25, 0.3) is 0 Å². The number of pyridine rings is 1. The number of halogens is 2. The zero-order valence-corrected chi connectivity index (χ0v) is 16.7. The second-order valence-corrected chi connectivity index (χ2v) is 7.83. The van der Waals surface area contributed by atoms with Crippen molar-refractivity contribution in [3.8, 4) is 22.5 Å². The molecule has 1 unspecified atom stereocenters. The van der Waals surface area contributed by atoms with Crippen LogP contribution in [0.1, 0.15) is 29.3 Å². The van der Waals surface area contributed by atoms with E-state index in [2.05, 4.69) is 16.8 Å². The highest BCUT2D eigenvalue weighted by atomic mass is 35.5. The molecule has 0 saturated carbocycles. The Labute approximate surface area is 173 Å². The molecule has 3 nitrogen and oxygen atoms in total. The highest BCUT2D eigenvalue weighted by Crippen LogP contribution is 2.44. The van der Waals surface area contributed by atoms with Gasteiger partial charge in [-0.3, -0.25) is 9.67 Å². The van der Waals surface area contributed by atoms with Crippen LogP contribution in [0.5, 0.6) is 0 Å². The summed E-state index contributed by atoms with van der Waals surface area (Å²) >= 11 is 6.10. The molecule has 0 spiro atoms. The van der Waals surface area contributed by atoms with Gasteiger partial charge >= 0.3 is 0 Å². The van der Waals surface area contributed by atoms with Gasteiger partial charge in [0, 0.05) is 28.7 Å². The van der Waals surface area contributed by atoms with Crippen LogP contribution >= 0.6 is 11.6 Å². The highest BCUT2D eigenvalue weighted by molar-refractivity contribution is 6.30. The fourth-order valence-electron chi connectivity index (χ4n) is 4.16.